The molecule has 1 nitrogen and oxygen atoms in total. The summed E-state index contributed by atoms with van der Waals surface area (Å²) in [5.41, 5.74) is 1.18. The fraction of sp³-hybridized carbons (Fsp3) is 0.600. The second-order valence-electron chi connectivity index (χ2n) is 4.29. The first-order valence-corrected chi connectivity index (χ1v) is 5.02. The highest BCUT2D eigenvalue weighted by Crippen LogP contribution is 2.35. The normalized spacial score (nSPS) is 14.8. The Morgan fingerprint density at radius 3 is 2.33 bits per heavy atom. The zero-order chi connectivity index (χ0) is 9.35. The van der Waals surface area contributed by atoms with E-state index in [1.165, 1.54) is 5.56 Å². The van der Waals surface area contributed by atoms with Crippen molar-refractivity contribution in [3.05, 3.63) is 21.9 Å². The summed E-state index contributed by atoms with van der Waals surface area (Å²) in [6.45, 7) is 8.20. The molecule has 0 aliphatic rings. The summed E-state index contributed by atoms with van der Waals surface area (Å²) < 4.78 is 0. The van der Waals surface area contributed by atoms with Gasteiger partial charge in [0.1, 0.15) is 0 Å². The van der Waals surface area contributed by atoms with Gasteiger partial charge in [-0.2, -0.15) is 0 Å². The van der Waals surface area contributed by atoms with Gasteiger partial charge in [-0.1, -0.05) is 20.8 Å². The van der Waals surface area contributed by atoms with Crippen LogP contribution >= 0.6 is 11.3 Å². The maximum absolute atomic E-state index is 9.88. The van der Waals surface area contributed by atoms with Gasteiger partial charge in [-0.3, -0.25) is 0 Å². The molecular formula is C10H16OS. The summed E-state index contributed by atoms with van der Waals surface area (Å²) in [5, 5.41) is 12.0. The van der Waals surface area contributed by atoms with Crippen molar-refractivity contribution in [2.24, 2.45) is 5.41 Å². The molecule has 2 heteroatoms. The highest BCUT2D eigenvalue weighted by Gasteiger charge is 2.24. The topological polar surface area (TPSA) is 20.2 Å². The quantitative estimate of drug-likeness (QED) is 0.711. The van der Waals surface area contributed by atoms with Crippen molar-refractivity contribution in [2.75, 3.05) is 0 Å². The molecule has 1 aromatic rings. The van der Waals surface area contributed by atoms with Crippen LogP contribution in [0.3, 0.4) is 0 Å². The number of aryl methyl sites for hydroxylation is 1. The number of hydrogen-bond acceptors (Lipinski definition) is 2. The van der Waals surface area contributed by atoms with E-state index < -0.39 is 0 Å². The van der Waals surface area contributed by atoms with E-state index in [9.17, 15) is 5.11 Å². The summed E-state index contributed by atoms with van der Waals surface area (Å²) in [4.78, 5) is 1.07. The maximum Gasteiger partial charge on any atom is 0.0930 e. The Labute approximate surface area is 78.1 Å². The van der Waals surface area contributed by atoms with Crippen LogP contribution < -0.4 is 0 Å². The molecule has 1 atom stereocenters. The minimum atomic E-state index is -0.337. The Kier molecular flexibility index (Phi) is 2.59. The molecule has 0 bridgehead atoms. The van der Waals surface area contributed by atoms with Crippen molar-refractivity contribution in [2.45, 2.75) is 33.8 Å². The maximum atomic E-state index is 9.88. The molecule has 0 aliphatic carbocycles. The lowest BCUT2D eigenvalue weighted by Crippen LogP contribution is -2.16. The summed E-state index contributed by atoms with van der Waals surface area (Å²) in [6.07, 6.45) is -0.337. The van der Waals surface area contributed by atoms with E-state index in [0.29, 0.717) is 0 Å². The molecule has 0 aromatic carbocycles. The molecule has 0 saturated carbocycles. The van der Waals surface area contributed by atoms with Crippen LogP contribution in [0.25, 0.3) is 0 Å². The third kappa shape index (κ3) is 2.08. The van der Waals surface area contributed by atoms with Gasteiger partial charge in [0.15, 0.2) is 0 Å². The molecule has 68 valence electrons. The fourth-order valence-electron chi connectivity index (χ4n) is 1.02. The van der Waals surface area contributed by atoms with Crippen LogP contribution in [0.5, 0.6) is 0 Å². The van der Waals surface area contributed by atoms with Gasteiger partial charge < -0.3 is 5.11 Å². The van der Waals surface area contributed by atoms with E-state index in [4.69, 9.17) is 0 Å². The summed E-state index contributed by atoms with van der Waals surface area (Å²) in [7, 11) is 0. The van der Waals surface area contributed by atoms with E-state index in [0.717, 1.165) is 4.88 Å². The van der Waals surface area contributed by atoms with Gasteiger partial charge in [-0.25, -0.2) is 0 Å². The highest BCUT2D eigenvalue weighted by molar-refractivity contribution is 7.10. The number of rotatable bonds is 1. The van der Waals surface area contributed by atoms with Gasteiger partial charge in [-0.05, 0) is 29.3 Å². The lowest BCUT2D eigenvalue weighted by Gasteiger charge is -2.24. The van der Waals surface area contributed by atoms with Crippen LogP contribution in [0.2, 0.25) is 0 Å². The van der Waals surface area contributed by atoms with E-state index in [1.54, 1.807) is 11.3 Å². The van der Waals surface area contributed by atoms with Crippen LogP contribution in [0, 0.1) is 12.3 Å². The van der Waals surface area contributed by atoms with Crippen LogP contribution in [-0.4, -0.2) is 5.11 Å². The molecule has 0 fully saturated rings. The Balaban J connectivity index is 2.85. The first-order chi connectivity index (χ1) is 5.41. The second-order valence-corrected chi connectivity index (χ2v) is 5.24. The van der Waals surface area contributed by atoms with E-state index in [1.807, 2.05) is 20.8 Å². The summed E-state index contributed by atoms with van der Waals surface area (Å²) in [5.74, 6) is 0. The largest absolute Gasteiger partial charge is 0.387 e. The number of aliphatic hydroxyl groups is 1. The molecule has 1 heterocycles. The van der Waals surface area contributed by atoms with Crippen molar-refractivity contribution in [1.82, 2.24) is 0 Å². The number of aliphatic hydroxyl groups excluding tert-OH is 1. The summed E-state index contributed by atoms with van der Waals surface area (Å²) >= 11 is 1.63. The van der Waals surface area contributed by atoms with Crippen molar-refractivity contribution >= 4 is 11.3 Å². The Morgan fingerprint density at radius 1 is 1.42 bits per heavy atom. The molecular weight excluding hydrogens is 168 g/mol. The van der Waals surface area contributed by atoms with Crippen molar-refractivity contribution < 1.29 is 5.11 Å². The minimum Gasteiger partial charge on any atom is -0.387 e. The van der Waals surface area contributed by atoms with Crippen LogP contribution in [0.15, 0.2) is 11.4 Å². The predicted molar refractivity (Wildman–Crippen MR) is 53.5 cm³/mol. The van der Waals surface area contributed by atoms with Crippen molar-refractivity contribution in [3.8, 4) is 0 Å². The molecule has 0 saturated heterocycles. The summed E-state index contributed by atoms with van der Waals surface area (Å²) in [6, 6.07) is 2.06. The molecule has 12 heavy (non-hydrogen) atoms. The van der Waals surface area contributed by atoms with Gasteiger partial charge in [0.05, 0.1) is 6.10 Å². The molecule has 0 radical (unpaired) electrons. The standard InChI is InChI=1S/C10H16OS/c1-7-5-8(12-6-7)9(11)10(2,3)4/h5-6,9,11H,1-4H3. The third-order valence-electron chi connectivity index (χ3n) is 1.84. The second kappa shape index (κ2) is 3.19. The van der Waals surface area contributed by atoms with Gasteiger partial charge in [-0.15, -0.1) is 11.3 Å². The van der Waals surface area contributed by atoms with Gasteiger partial charge in [0, 0.05) is 4.88 Å². The highest BCUT2D eigenvalue weighted by atomic mass is 32.1. The van der Waals surface area contributed by atoms with E-state index >= 15 is 0 Å². The predicted octanol–water partition coefficient (Wildman–Crippen LogP) is 3.14. The first-order valence-electron chi connectivity index (χ1n) is 4.14. The smallest absolute Gasteiger partial charge is 0.0930 e. The van der Waals surface area contributed by atoms with Crippen LogP contribution in [0.1, 0.15) is 37.3 Å². The van der Waals surface area contributed by atoms with E-state index in [2.05, 4.69) is 18.4 Å². The SMILES string of the molecule is Cc1csc(C(O)C(C)(C)C)c1. The molecule has 1 aromatic heterocycles. The zero-order valence-electron chi connectivity index (χ0n) is 8.09. The van der Waals surface area contributed by atoms with Crippen LogP contribution in [-0.2, 0) is 0 Å². The molecule has 1 rings (SSSR count). The minimum absolute atomic E-state index is 0.0582. The molecule has 1 unspecified atom stereocenters. The Bertz CT molecular complexity index is 257. The number of thiophene rings is 1. The van der Waals surface area contributed by atoms with Gasteiger partial charge in [0.2, 0.25) is 0 Å². The average molecular weight is 184 g/mol. The number of hydrogen-bond donors (Lipinski definition) is 1. The van der Waals surface area contributed by atoms with E-state index in [-0.39, 0.29) is 11.5 Å². The molecule has 0 spiro atoms. The fourth-order valence-corrected chi connectivity index (χ4v) is 2.15. The van der Waals surface area contributed by atoms with Gasteiger partial charge in [0.25, 0.3) is 0 Å². The Morgan fingerprint density at radius 2 is 2.00 bits per heavy atom. The monoisotopic (exact) mass is 184 g/mol. The molecule has 1 N–H and O–H groups in total. The van der Waals surface area contributed by atoms with Crippen molar-refractivity contribution in [1.29, 1.82) is 0 Å². The molecule has 0 amide bonds. The Hall–Kier alpha value is -0.340. The average Bonchev–Trinajstić information content (AvgIpc) is 2.32. The van der Waals surface area contributed by atoms with Crippen LogP contribution in [0.4, 0.5) is 0 Å². The lowest BCUT2D eigenvalue weighted by atomic mass is 9.88. The van der Waals surface area contributed by atoms with Gasteiger partial charge >= 0.3 is 0 Å². The van der Waals surface area contributed by atoms with Crippen molar-refractivity contribution in [3.63, 3.8) is 0 Å². The molecule has 0 aliphatic heterocycles. The third-order valence-corrected chi connectivity index (χ3v) is 2.94. The lowest BCUT2D eigenvalue weighted by molar-refractivity contribution is 0.0658. The zero-order valence-corrected chi connectivity index (χ0v) is 8.90. The first kappa shape index (κ1) is 9.75.